The van der Waals surface area contributed by atoms with Crippen molar-refractivity contribution in [2.24, 2.45) is 5.41 Å². The Morgan fingerprint density at radius 2 is 1.04 bits per heavy atom. The largest absolute Gasteiger partial charge is 0.492 e. The molecule has 10 heteroatoms. The molecule has 0 aliphatic rings. The Hall–Kier alpha value is -3.30. The molecule has 124 valence electrons. The van der Waals surface area contributed by atoms with Gasteiger partial charge in [0.1, 0.15) is 0 Å². The Balaban J connectivity index is 2.17. The SMILES string of the molecule is CC(C)(C(=O)On1c(O)ccc1O)C(=O)On1c(O)ccc1O. The van der Waals surface area contributed by atoms with E-state index in [0.717, 1.165) is 38.1 Å². The van der Waals surface area contributed by atoms with Gasteiger partial charge >= 0.3 is 11.9 Å². The van der Waals surface area contributed by atoms with Crippen LogP contribution in [0.1, 0.15) is 13.8 Å². The summed E-state index contributed by atoms with van der Waals surface area (Å²) in [6, 6.07) is 4.29. The Kier molecular flexibility index (Phi) is 3.83. The molecule has 0 bridgehead atoms. The molecule has 2 aromatic rings. The van der Waals surface area contributed by atoms with Crippen LogP contribution in [0.5, 0.6) is 23.5 Å². The molecule has 0 atom stereocenters. The van der Waals surface area contributed by atoms with Crippen LogP contribution in [0.4, 0.5) is 0 Å². The first-order chi connectivity index (χ1) is 10.6. The van der Waals surface area contributed by atoms with Crippen molar-refractivity contribution in [2.45, 2.75) is 13.8 Å². The zero-order chi connectivity index (χ0) is 17.4. The second-order valence-electron chi connectivity index (χ2n) is 5.07. The topological polar surface area (TPSA) is 143 Å². The lowest BCUT2D eigenvalue weighted by Crippen LogP contribution is -2.43. The maximum absolute atomic E-state index is 12.1. The highest BCUT2D eigenvalue weighted by Crippen LogP contribution is 2.25. The minimum absolute atomic E-state index is 0.419. The van der Waals surface area contributed by atoms with E-state index in [4.69, 9.17) is 9.68 Å². The molecule has 2 heterocycles. The van der Waals surface area contributed by atoms with E-state index in [1.54, 1.807) is 0 Å². The van der Waals surface area contributed by atoms with E-state index >= 15 is 0 Å². The summed E-state index contributed by atoms with van der Waals surface area (Å²) in [5.41, 5.74) is -1.88. The summed E-state index contributed by atoms with van der Waals surface area (Å²) in [6.07, 6.45) is 0. The molecule has 0 fully saturated rings. The van der Waals surface area contributed by atoms with Gasteiger partial charge in [-0.25, -0.2) is 9.59 Å². The van der Waals surface area contributed by atoms with Gasteiger partial charge in [0.25, 0.3) is 0 Å². The Bertz CT molecular complexity index is 657. The van der Waals surface area contributed by atoms with Gasteiger partial charge in [0, 0.05) is 24.3 Å². The Morgan fingerprint density at radius 1 is 0.783 bits per heavy atom. The number of aromatic hydroxyl groups is 4. The number of carbonyl (C=O) groups excluding carboxylic acids is 2. The fourth-order valence-electron chi connectivity index (χ4n) is 1.47. The molecule has 4 N–H and O–H groups in total. The number of aromatic nitrogens is 2. The van der Waals surface area contributed by atoms with Gasteiger partial charge in [-0.05, 0) is 13.8 Å². The first-order valence-corrected chi connectivity index (χ1v) is 6.29. The summed E-state index contributed by atoms with van der Waals surface area (Å²) in [7, 11) is 0. The van der Waals surface area contributed by atoms with Crippen LogP contribution in [-0.4, -0.2) is 41.8 Å². The third-order valence-electron chi connectivity index (χ3n) is 2.96. The summed E-state index contributed by atoms with van der Waals surface area (Å²) in [5, 5.41) is 37.6. The molecular weight excluding hydrogens is 312 g/mol. The minimum Gasteiger partial charge on any atom is -0.492 e. The Morgan fingerprint density at radius 3 is 1.30 bits per heavy atom. The van der Waals surface area contributed by atoms with E-state index in [1.165, 1.54) is 0 Å². The lowest BCUT2D eigenvalue weighted by atomic mass is 9.94. The number of carbonyl (C=O) groups is 2. The van der Waals surface area contributed by atoms with Crippen molar-refractivity contribution >= 4 is 11.9 Å². The predicted octanol–water partition coefficient (Wildman–Crippen LogP) is -0.251. The summed E-state index contributed by atoms with van der Waals surface area (Å²) in [4.78, 5) is 33.6. The maximum atomic E-state index is 12.1. The molecular formula is C13H14N2O8. The smallest absolute Gasteiger partial charge is 0.349 e. The van der Waals surface area contributed by atoms with E-state index < -0.39 is 40.9 Å². The highest BCUT2D eigenvalue weighted by atomic mass is 16.7. The van der Waals surface area contributed by atoms with E-state index in [-0.39, 0.29) is 0 Å². The normalized spacial score (nSPS) is 11.2. The molecule has 0 saturated heterocycles. The van der Waals surface area contributed by atoms with Crippen molar-refractivity contribution in [3.8, 4) is 23.5 Å². The van der Waals surface area contributed by atoms with Crippen LogP contribution in [-0.2, 0) is 9.59 Å². The molecule has 0 amide bonds. The van der Waals surface area contributed by atoms with E-state index in [0.29, 0.717) is 9.46 Å². The van der Waals surface area contributed by atoms with E-state index in [1.807, 2.05) is 0 Å². The molecule has 0 saturated carbocycles. The lowest BCUT2D eigenvalue weighted by molar-refractivity contribution is -0.171. The monoisotopic (exact) mass is 326 g/mol. The van der Waals surface area contributed by atoms with Gasteiger partial charge < -0.3 is 30.1 Å². The van der Waals surface area contributed by atoms with E-state index in [9.17, 15) is 30.0 Å². The second kappa shape index (κ2) is 5.48. The second-order valence-corrected chi connectivity index (χ2v) is 5.07. The zero-order valence-corrected chi connectivity index (χ0v) is 12.1. The summed E-state index contributed by atoms with van der Waals surface area (Å²) in [5.74, 6) is -4.53. The van der Waals surface area contributed by atoms with Crippen molar-refractivity contribution in [3.05, 3.63) is 24.3 Å². The van der Waals surface area contributed by atoms with Crippen LogP contribution >= 0.6 is 0 Å². The third-order valence-corrected chi connectivity index (χ3v) is 2.96. The number of rotatable bonds is 4. The molecule has 10 nitrogen and oxygen atoms in total. The van der Waals surface area contributed by atoms with Crippen LogP contribution in [0.25, 0.3) is 0 Å². The van der Waals surface area contributed by atoms with Crippen LogP contribution < -0.4 is 9.68 Å². The molecule has 2 aromatic heterocycles. The quantitative estimate of drug-likeness (QED) is 0.563. The van der Waals surface area contributed by atoms with Crippen LogP contribution in [0, 0.1) is 5.41 Å². The molecule has 23 heavy (non-hydrogen) atoms. The van der Waals surface area contributed by atoms with Crippen molar-refractivity contribution in [1.82, 2.24) is 9.46 Å². The third kappa shape index (κ3) is 2.86. The van der Waals surface area contributed by atoms with Crippen molar-refractivity contribution in [2.75, 3.05) is 0 Å². The van der Waals surface area contributed by atoms with Crippen LogP contribution in [0.2, 0.25) is 0 Å². The van der Waals surface area contributed by atoms with E-state index in [2.05, 4.69) is 0 Å². The average molecular weight is 326 g/mol. The van der Waals surface area contributed by atoms with Gasteiger partial charge in [0.05, 0.1) is 0 Å². The molecule has 0 aliphatic heterocycles. The summed E-state index contributed by atoms with van der Waals surface area (Å²) in [6.45, 7) is 2.32. The van der Waals surface area contributed by atoms with Gasteiger partial charge in [-0.1, -0.05) is 0 Å². The lowest BCUT2D eigenvalue weighted by Gasteiger charge is -2.20. The predicted molar refractivity (Wildman–Crippen MR) is 72.5 cm³/mol. The summed E-state index contributed by atoms with van der Waals surface area (Å²) >= 11 is 0. The first kappa shape index (κ1) is 16.1. The minimum atomic E-state index is -1.88. The number of nitrogens with zero attached hydrogens (tertiary/aromatic N) is 2. The number of hydrogen-bond acceptors (Lipinski definition) is 8. The number of hydrogen-bond donors (Lipinski definition) is 4. The van der Waals surface area contributed by atoms with Crippen molar-refractivity contribution in [1.29, 1.82) is 0 Å². The van der Waals surface area contributed by atoms with Crippen LogP contribution in [0.15, 0.2) is 24.3 Å². The Labute approximate surface area is 129 Å². The van der Waals surface area contributed by atoms with Gasteiger partial charge in [0.2, 0.25) is 23.5 Å². The van der Waals surface area contributed by atoms with Gasteiger partial charge in [-0.15, -0.1) is 9.46 Å². The van der Waals surface area contributed by atoms with Gasteiger partial charge in [-0.3, -0.25) is 0 Å². The molecule has 0 radical (unpaired) electrons. The summed E-state index contributed by atoms with van der Waals surface area (Å²) < 4.78 is 0.837. The molecule has 2 rings (SSSR count). The maximum Gasteiger partial charge on any atom is 0.349 e. The van der Waals surface area contributed by atoms with Gasteiger partial charge in [-0.2, -0.15) is 0 Å². The van der Waals surface area contributed by atoms with Crippen molar-refractivity contribution < 1.29 is 39.7 Å². The first-order valence-electron chi connectivity index (χ1n) is 6.29. The zero-order valence-electron chi connectivity index (χ0n) is 12.1. The molecule has 0 spiro atoms. The fourth-order valence-corrected chi connectivity index (χ4v) is 1.47. The van der Waals surface area contributed by atoms with Gasteiger partial charge in [0.15, 0.2) is 5.41 Å². The molecule has 0 unspecified atom stereocenters. The average Bonchev–Trinajstić information content (AvgIpc) is 2.96. The van der Waals surface area contributed by atoms with Crippen molar-refractivity contribution in [3.63, 3.8) is 0 Å². The fraction of sp³-hybridized carbons (Fsp3) is 0.231. The van der Waals surface area contributed by atoms with Crippen LogP contribution in [0.3, 0.4) is 0 Å². The molecule has 0 aromatic carbocycles. The highest BCUT2D eigenvalue weighted by Gasteiger charge is 2.42. The standard InChI is InChI=1S/C13H14N2O8/c1-13(2,11(20)22-14-7(16)3-4-8(14)17)12(21)23-15-9(18)5-6-10(15)19/h3-6,16-19H,1-2H3. The molecule has 0 aliphatic carbocycles. The highest BCUT2D eigenvalue weighted by molar-refractivity contribution is 5.99.